The largest absolute Gasteiger partial charge is 0.503 e. The number of rotatable bonds is 4. The molecule has 0 aromatic heterocycles. The monoisotopic (exact) mass is 389 g/mol. The summed E-state index contributed by atoms with van der Waals surface area (Å²) >= 11 is 6.23. The van der Waals surface area contributed by atoms with E-state index in [2.05, 4.69) is 0 Å². The fourth-order valence-corrected chi connectivity index (χ4v) is 3.84. The van der Waals surface area contributed by atoms with Crippen molar-refractivity contribution in [2.24, 2.45) is 0 Å². The van der Waals surface area contributed by atoms with Crippen LogP contribution in [-0.4, -0.2) is 15.9 Å². The van der Waals surface area contributed by atoms with E-state index in [0.29, 0.717) is 17.1 Å². The molecule has 140 valence electrons. The molecule has 4 rings (SSSR count). The highest BCUT2D eigenvalue weighted by atomic mass is 35.5. The zero-order chi connectivity index (χ0) is 19.7. The van der Waals surface area contributed by atoms with Crippen LogP contribution >= 0.6 is 11.6 Å². The standard InChI is InChI=1S/C24H20ClNO2/c1-16-10-12-17(13-11-16)15-26-22(19-8-5-9-20(25)14-19)21(23(27)24(26)28)18-6-3-2-4-7-18/h2-14,22,27H,15H2,1H3/t22-/m1/s1. The van der Waals surface area contributed by atoms with Crippen LogP contribution in [0.3, 0.4) is 0 Å². The number of carbonyl (C=O) groups excluding carboxylic acids is 1. The molecule has 1 atom stereocenters. The molecule has 1 heterocycles. The Labute approximate surface area is 169 Å². The van der Waals surface area contributed by atoms with E-state index in [1.165, 1.54) is 0 Å². The highest BCUT2D eigenvalue weighted by Gasteiger charge is 2.40. The van der Waals surface area contributed by atoms with Crippen LogP contribution in [0.5, 0.6) is 0 Å². The van der Waals surface area contributed by atoms with Crippen molar-refractivity contribution >= 4 is 23.1 Å². The van der Waals surface area contributed by atoms with Gasteiger partial charge in [0.05, 0.1) is 6.04 Å². The third-order valence-electron chi connectivity index (χ3n) is 5.03. The molecule has 3 nitrogen and oxygen atoms in total. The molecule has 0 aliphatic carbocycles. The van der Waals surface area contributed by atoms with Crippen molar-refractivity contribution in [3.63, 3.8) is 0 Å². The number of benzene rings is 3. The van der Waals surface area contributed by atoms with Crippen molar-refractivity contribution in [3.8, 4) is 0 Å². The Hall–Kier alpha value is -3.04. The van der Waals surface area contributed by atoms with Crippen LogP contribution in [0.15, 0.2) is 84.6 Å². The van der Waals surface area contributed by atoms with E-state index in [1.54, 1.807) is 11.0 Å². The van der Waals surface area contributed by atoms with Gasteiger partial charge in [-0.3, -0.25) is 4.79 Å². The maximum atomic E-state index is 13.0. The van der Waals surface area contributed by atoms with Crippen LogP contribution in [0.4, 0.5) is 0 Å². The molecule has 0 saturated carbocycles. The Kier molecular flexibility index (Phi) is 4.93. The first kappa shape index (κ1) is 18.3. The first-order valence-electron chi connectivity index (χ1n) is 9.15. The summed E-state index contributed by atoms with van der Waals surface area (Å²) < 4.78 is 0. The summed E-state index contributed by atoms with van der Waals surface area (Å²) in [6.45, 7) is 2.43. The molecule has 0 unspecified atom stereocenters. The molecular weight excluding hydrogens is 370 g/mol. The lowest BCUT2D eigenvalue weighted by Gasteiger charge is -2.27. The van der Waals surface area contributed by atoms with E-state index in [9.17, 15) is 9.90 Å². The van der Waals surface area contributed by atoms with Gasteiger partial charge in [0.25, 0.3) is 5.91 Å². The van der Waals surface area contributed by atoms with Gasteiger partial charge >= 0.3 is 0 Å². The van der Waals surface area contributed by atoms with Crippen LogP contribution in [0.1, 0.15) is 28.3 Å². The van der Waals surface area contributed by atoms with E-state index in [4.69, 9.17) is 11.6 Å². The first-order chi connectivity index (χ1) is 13.5. The minimum Gasteiger partial charge on any atom is -0.503 e. The van der Waals surface area contributed by atoms with Crippen molar-refractivity contribution < 1.29 is 9.90 Å². The lowest BCUT2D eigenvalue weighted by molar-refractivity contribution is -0.130. The predicted molar refractivity (Wildman–Crippen MR) is 112 cm³/mol. The highest BCUT2D eigenvalue weighted by Crippen LogP contribution is 2.44. The maximum absolute atomic E-state index is 13.0. The van der Waals surface area contributed by atoms with Crippen molar-refractivity contribution in [1.82, 2.24) is 4.90 Å². The van der Waals surface area contributed by atoms with Gasteiger partial charge in [0.15, 0.2) is 5.76 Å². The summed E-state index contributed by atoms with van der Waals surface area (Å²) in [5.74, 6) is -0.576. The molecule has 3 aromatic rings. The molecule has 0 radical (unpaired) electrons. The van der Waals surface area contributed by atoms with Crippen molar-refractivity contribution in [1.29, 1.82) is 0 Å². The molecule has 1 aliphatic rings. The number of nitrogens with zero attached hydrogens (tertiary/aromatic N) is 1. The quantitative estimate of drug-likeness (QED) is 0.621. The lowest BCUT2D eigenvalue weighted by Crippen LogP contribution is -2.29. The Balaban J connectivity index is 1.81. The number of carbonyl (C=O) groups is 1. The second kappa shape index (κ2) is 7.53. The number of aliphatic hydroxyl groups excluding tert-OH is 1. The average Bonchev–Trinajstić information content (AvgIpc) is 2.95. The van der Waals surface area contributed by atoms with Gasteiger partial charge in [0, 0.05) is 17.1 Å². The topological polar surface area (TPSA) is 40.5 Å². The summed E-state index contributed by atoms with van der Waals surface area (Å²) in [5.41, 5.74) is 4.47. The fraction of sp³-hybridized carbons (Fsp3) is 0.125. The molecule has 0 bridgehead atoms. The van der Waals surface area contributed by atoms with Gasteiger partial charge in [-0.1, -0.05) is 83.9 Å². The van der Waals surface area contributed by atoms with E-state index in [0.717, 1.165) is 22.3 Å². The van der Waals surface area contributed by atoms with Gasteiger partial charge in [-0.05, 0) is 35.7 Å². The number of hydrogen-bond donors (Lipinski definition) is 1. The fourth-order valence-electron chi connectivity index (χ4n) is 3.64. The third-order valence-corrected chi connectivity index (χ3v) is 5.26. The minimum atomic E-state index is -0.407. The normalized spacial score (nSPS) is 16.7. The molecule has 4 heteroatoms. The van der Waals surface area contributed by atoms with Crippen LogP contribution in [0.2, 0.25) is 5.02 Å². The summed E-state index contributed by atoms with van der Waals surface area (Å²) in [7, 11) is 0. The molecule has 3 aromatic carbocycles. The smallest absolute Gasteiger partial charge is 0.290 e. The number of aliphatic hydroxyl groups is 1. The molecule has 1 aliphatic heterocycles. The lowest BCUT2D eigenvalue weighted by atomic mass is 9.93. The van der Waals surface area contributed by atoms with E-state index in [1.807, 2.05) is 79.7 Å². The van der Waals surface area contributed by atoms with Crippen LogP contribution in [0.25, 0.3) is 5.57 Å². The molecule has 1 N–H and O–H groups in total. The second-order valence-corrected chi connectivity index (χ2v) is 7.44. The Morgan fingerprint density at radius 2 is 1.68 bits per heavy atom. The summed E-state index contributed by atoms with van der Waals surface area (Å²) in [6.07, 6.45) is 0. The van der Waals surface area contributed by atoms with E-state index in [-0.39, 0.29) is 11.7 Å². The van der Waals surface area contributed by atoms with E-state index < -0.39 is 6.04 Å². The zero-order valence-corrected chi connectivity index (χ0v) is 16.2. The van der Waals surface area contributed by atoms with Gasteiger partial charge in [-0.15, -0.1) is 0 Å². The number of amides is 1. The Morgan fingerprint density at radius 1 is 0.964 bits per heavy atom. The molecule has 0 saturated heterocycles. The van der Waals surface area contributed by atoms with Crippen LogP contribution < -0.4 is 0 Å². The van der Waals surface area contributed by atoms with Crippen molar-refractivity contribution in [3.05, 3.63) is 112 Å². The van der Waals surface area contributed by atoms with E-state index >= 15 is 0 Å². The summed E-state index contributed by atoms with van der Waals surface area (Å²) in [6, 6.07) is 24.6. The first-order valence-corrected chi connectivity index (χ1v) is 9.53. The molecule has 28 heavy (non-hydrogen) atoms. The van der Waals surface area contributed by atoms with Gasteiger partial charge < -0.3 is 10.0 Å². The van der Waals surface area contributed by atoms with Crippen molar-refractivity contribution in [2.45, 2.75) is 19.5 Å². The number of aryl methyl sites for hydroxylation is 1. The molecule has 1 amide bonds. The number of hydrogen-bond acceptors (Lipinski definition) is 2. The third kappa shape index (κ3) is 3.41. The maximum Gasteiger partial charge on any atom is 0.290 e. The Bertz CT molecular complexity index is 1040. The zero-order valence-electron chi connectivity index (χ0n) is 15.5. The van der Waals surface area contributed by atoms with Crippen LogP contribution in [-0.2, 0) is 11.3 Å². The predicted octanol–water partition coefficient (Wildman–Crippen LogP) is 5.70. The van der Waals surface area contributed by atoms with Gasteiger partial charge in [0.1, 0.15) is 0 Å². The van der Waals surface area contributed by atoms with Crippen molar-refractivity contribution in [2.75, 3.05) is 0 Å². The summed E-state index contributed by atoms with van der Waals surface area (Å²) in [5, 5.41) is 11.4. The molecular formula is C24H20ClNO2. The molecule has 0 fully saturated rings. The molecule has 0 spiro atoms. The number of halogens is 1. The SMILES string of the molecule is Cc1ccc(CN2C(=O)C(O)=C(c3ccccc3)[C@H]2c2cccc(Cl)c2)cc1. The highest BCUT2D eigenvalue weighted by molar-refractivity contribution is 6.30. The average molecular weight is 390 g/mol. The van der Waals surface area contributed by atoms with Gasteiger partial charge in [0.2, 0.25) is 0 Å². The van der Waals surface area contributed by atoms with Crippen LogP contribution in [0, 0.1) is 6.92 Å². The van der Waals surface area contributed by atoms with Gasteiger partial charge in [-0.2, -0.15) is 0 Å². The van der Waals surface area contributed by atoms with Gasteiger partial charge in [-0.25, -0.2) is 0 Å². The summed E-state index contributed by atoms with van der Waals surface area (Å²) in [4.78, 5) is 14.7. The minimum absolute atomic E-state index is 0.205. The Morgan fingerprint density at radius 3 is 2.36 bits per heavy atom. The second-order valence-electron chi connectivity index (χ2n) is 7.00.